The van der Waals surface area contributed by atoms with Gasteiger partial charge in [-0.25, -0.2) is 4.79 Å². The average Bonchev–Trinajstić information content (AvgIpc) is 3.30. The van der Waals surface area contributed by atoms with E-state index in [0.29, 0.717) is 47.9 Å². The summed E-state index contributed by atoms with van der Waals surface area (Å²) in [5, 5.41) is 62.4. The van der Waals surface area contributed by atoms with Gasteiger partial charge in [-0.15, -0.1) is 0 Å². The number of ketones is 1. The van der Waals surface area contributed by atoms with E-state index in [1.54, 1.807) is 19.1 Å². The number of Topliss-reactive ketones (excluding diaryl/α,β-unsaturated/α-hetero) is 1. The van der Waals surface area contributed by atoms with Crippen LogP contribution in [0.2, 0.25) is 0 Å². The van der Waals surface area contributed by atoms with Crippen molar-refractivity contribution in [1.82, 2.24) is 0 Å². The summed E-state index contributed by atoms with van der Waals surface area (Å²) in [7, 11) is 0. The highest BCUT2D eigenvalue weighted by atomic mass is 16.6. The van der Waals surface area contributed by atoms with Crippen LogP contribution in [0.3, 0.4) is 0 Å². The van der Waals surface area contributed by atoms with Gasteiger partial charge < -0.3 is 40.3 Å². The molecule has 9 rings (SSSR count). The SMILES string of the molecule is CCCCCc1c(CO)cc(C2C#CC3CC(=O)Oc4cc(O)c(cc43)CC3OC(=O)C(=CC(O)Cc4cccc(c4)CC4C(=O)CCC5C4CC4CCCCC4C35O)C2)cc1NCC(C)O. The number of anilines is 1. The highest BCUT2D eigenvalue weighted by Crippen LogP contribution is 2.59. The molecule has 11 atom stereocenters. The fraction of sp³-hybridized carbons (Fsp3) is 0.554. The second-order valence-electron chi connectivity index (χ2n) is 20.6. The molecule has 0 saturated heterocycles. The van der Waals surface area contributed by atoms with E-state index >= 15 is 4.79 Å². The summed E-state index contributed by atoms with van der Waals surface area (Å²) in [6, 6.07) is 15.1. The minimum atomic E-state index is -1.58. The number of benzene rings is 3. The molecule has 356 valence electrons. The molecule has 0 spiro atoms. The number of aliphatic hydroxyl groups is 4. The number of phenolic OH excluding ortho intramolecular Hbond substituents is 1. The number of carbonyl (C=O) groups is 3. The van der Waals surface area contributed by atoms with E-state index in [9.17, 15) is 35.1 Å². The van der Waals surface area contributed by atoms with Crippen molar-refractivity contribution in [3.63, 3.8) is 0 Å². The first kappa shape index (κ1) is 47.1. The Balaban J connectivity index is 1.25. The lowest BCUT2D eigenvalue weighted by atomic mass is 9.48. The van der Waals surface area contributed by atoms with Crippen LogP contribution < -0.4 is 10.1 Å². The molecule has 6 N–H and O–H groups in total. The lowest BCUT2D eigenvalue weighted by Crippen LogP contribution is -2.65. The van der Waals surface area contributed by atoms with Gasteiger partial charge in [0, 0.05) is 60.5 Å². The summed E-state index contributed by atoms with van der Waals surface area (Å²) in [6.45, 7) is 3.84. The first-order chi connectivity index (χ1) is 32.3. The van der Waals surface area contributed by atoms with Crippen molar-refractivity contribution in [1.29, 1.82) is 0 Å². The largest absolute Gasteiger partial charge is 0.508 e. The molecule has 0 amide bonds. The van der Waals surface area contributed by atoms with Crippen molar-refractivity contribution in [2.45, 2.75) is 159 Å². The summed E-state index contributed by atoms with van der Waals surface area (Å²) >= 11 is 0. The van der Waals surface area contributed by atoms with Gasteiger partial charge in [-0.1, -0.05) is 81.2 Å². The van der Waals surface area contributed by atoms with Crippen molar-refractivity contribution < 1.29 is 49.4 Å². The number of ether oxygens (including phenoxy) is 2. The molecule has 11 nitrogen and oxygen atoms in total. The van der Waals surface area contributed by atoms with Crippen molar-refractivity contribution in [2.75, 3.05) is 11.9 Å². The van der Waals surface area contributed by atoms with Gasteiger partial charge in [-0.3, -0.25) is 9.59 Å². The third-order valence-electron chi connectivity index (χ3n) is 16.1. The van der Waals surface area contributed by atoms with Crippen LogP contribution in [0.15, 0.2) is 60.2 Å². The number of aliphatic hydroxyl groups excluding tert-OH is 3. The van der Waals surface area contributed by atoms with Crippen LogP contribution in [0.25, 0.3) is 0 Å². The van der Waals surface area contributed by atoms with Gasteiger partial charge in [-0.05, 0) is 127 Å². The lowest BCUT2D eigenvalue weighted by molar-refractivity contribution is -0.228. The number of hydrogen-bond donors (Lipinski definition) is 6. The van der Waals surface area contributed by atoms with Crippen LogP contribution in [0.4, 0.5) is 5.69 Å². The van der Waals surface area contributed by atoms with Crippen molar-refractivity contribution in [2.24, 2.45) is 29.6 Å². The molecule has 3 aromatic rings. The fourth-order valence-corrected chi connectivity index (χ4v) is 12.9. The molecule has 6 aliphatic rings. The number of hydrogen-bond acceptors (Lipinski definition) is 11. The maximum Gasteiger partial charge on any atom is 0.334 e. The molecule has 11 heteroatoms. The summed E-state index contributed by atoms with van der Waals surface area (Å²) in [5.74, 6) is 3.45. The molecule has 3 saturated carbocycles. The lowest BCUT2D eigenvalue weighted by Gasteiger charge is -2.59. The number of phenols is 1. The minimum Gasteiger partial charge on any atom is -0.508 e. The fourth-order valence-electron chi connectivity index (χ4n) is 12.9. The molecule has 3 aromatic carbocycles. The number of rotatable bonds is 9. The smallest absolute Gasteiger partial charge is 0.334 e. The number of aromatic hydroxyl groups is 1. The zero-order valence-corrected chi connectivity index (χ0v) is 39.0. The third-order valence-corrected chi connectivity index (χ3v) is 16.1. The monoisotopic (exact) mass is 913 g/mol. The normalized spacial score (nSPS) is 30.8. The maximum atomic E-state index is 15.4. The van der Waals surface area contributed by atoms with Crippen LogP contribution >= 0.6 is 0 Å². The second-order valence-corrected chi connectivity index (χ2v) is 20.6. The first-order valence-corrected chi connectivity index (χ1v) is 25.0. The van der Waals surface area contributed by atoms with Gasteiger partial charge in [0.25, 0.3) is 0 Å². The minimum absolute atomic E-state index is 0.0223. The van der Waals surface area contributed by atoms with Gasteiger partial charge >= 0.3 is 11.9 Å². The van der Waals surface area contributed by atoms with Crippen molar-refractivity contribution in [3.8, 4) is 23.3 Å². The summed E-state index contributed by atoms with van der Waals surface area (Å²) < 4.78 is 12.5. The second kappa shape index (κ2) is 19.9. The molecule has 10 bridgehead atoms. The number of fused-ring (bicyclic) bond motifs is 9. The molecule has 11 unspecified atom stereocenters. The Morgan fingerprint density at radius 3 is 2.49 bits per heavy atom. The Bertz CT molecular complexity index is 2460. The van der Waals surface area contributed by atoms with E-state index in [1.165, 1.54) is 6.07 Å². The van der Waals surface area contributed by atoms with Gasteiger partial charge in [0.05, 0.1) is 31.2 Å². The molecule has 0 aromatic heterocycles. The van der Waals surface area contributed by atoms with Crippen molar-refractivity contribution in [3.05, 3.63) is 99.1 Å². The van der Waals surface area contributed by atoms with Gasteiger partial charge in [0.15, 0.2) is 0 Å². The number of nitrogens with one attached hydrogen (secondary N) is 1. The van der Waals surface area contributed by atoms with E-state index in [0.717, 1.165) is 73.7 Å². The molecule has 3 fully saturated rings. The predicted octanol–water partition coefficient (Wildman–Crippen LogP) is 7.69. The van der Waals surface area contributed by atoms with Crippen LogP contribution in [0, 0.1) is 41.4 Å². The highest BCUT2D eigenvalue weighted by Gasteiger charge is 2.62. The highest BCUT2D eigenvalue weighted by molar-refractivity contribution is 5.89. The molecular weight excluding hydrogens is 847 g/mol. The van der Waals surface area contributed by atoms with Crippen LogP contribution in [0.1, 0.15) is 142 Å². The Kier molecular flexibility index (Phi) is 14.0. The summed E-state index contributed by atoms with van der Waals surface area (Å²) in [6.07, 6.45) is 7.88. The molecular formula is C56H67NO10. The van der Waals surface area contributed by atoms with Gasteiger partial charge in [0.1, 0.15) is 29.0 Å². The number of esters is 2. The molecule has 3 heterocycles. The zero-order valence-electron chi connectivity index (χ0n) is 39.0. The molecule has 3 aliphatic carbocycles. The van der Waals surface area contributed by atoms with Crippen LogP contribution in [0.5, 0.6) is 11.5 Å². The standard InChI is InChI=1S/C56H67NO10/c1-3-4-5-12-43-41(31-58)22-38(26-49(43)57-30-32(2)59)35-14-15-36-28-54(63)66-52-29-51(62)39(25-44(36)52)27-53-56(65)47-13-7-6-11-37(47)24-45-46(50(61)17-16-48(45)56)20-34-10-8-9-33(18-34)19-42(60)23-40(21-35)55(64)67-53/h8-10,18,22-23,25-26,29,32,35-37,42,45-48,53,57-60,62,65H,3-7,11-13,16-17,19-21,24,27-28,30-31H2,1-2H3. The molecule has 67 heavy (non-hydrogen) atoms. The Labute approximate surface area is 394 Å². The van der Waals surface area contributed by atoms with E-state index in [1.807, 2.05) is 36.4 Å². The molecule has 3 aliphatic heterocycles. The topological polar surface area (TPSA) is 183 Å². The third kappa shape index (κ3) is 9.70. The number of carbonyl (C=O) groups excluding carboxylic acids is 3. The van der Waals surface area contributed by atoms with Gasteiger partial charge in [0.2, 0.25) is 0 Å². The Morgan fingerprint density at radius 2 is 1.70 bits per heavy atom. The van der Waals surface area contributed by atoms with Crippen molar-refractivity contribution >= 4 is 23.4 Å². The van der Waals surface area contributed by atoms with E-state index in [-0.39, 0.29) is 91.3 Å². The van der Waals surface area contributed by atoms with E-state index in [2.05, 4.69) is 24.1 Å². The maximum absolute atomic E-state index is 15.4. The average molecular weight is 914 g/mol. The molecule has 0 radical (unpaired) electrons. The Morgan fingerprint density at radius 1 is 0.910 bits per heavy atom. The van der Waals surface area contributed by atoms with Gasteiger partial charge in [-0.2, -0.15) is 0 Å². The number of unbranched alkanes of at least 4 members (excludes halogenated alkanes) is 2. The summed E-state index contributed by atoms with van der Waals surface area (Å²) in [5.41, 5.74) is 4.51. The van der Waals surface area contributed by atoms with E-state index in [4.69, 9.17) is 9.47 Å². The summed E-state index contributed by atoms with van der Waals surface area (Å²) in [4.78, 5) is 42.7. The Hall–Kier alpha value is -4.99. The van der Waals surface area contributed by atoms with Crippen LogP contribution in [-0.2, 0) is 51.4 Å². The quantitative estimate of drug-likeness (QED) is 0.0536. The van der Waals surface area contributed by atoms with E-state index < -0.39 is 47.7 Å². The predicted molar refractivity (Wildman–Crippen MR) is 253 cm³/mol. The first-order valence-electron chi connectivity index (χ1n) is 25.0. The zero-order chi connectivity index (χ0) is 47.0. The van der Waals surface area contributed by atoms with Crippen LogP contribution in [-0.4, -0.2) is 73.7 Å².